The minimum atomic E-state index is -4.82. The van der Waals surface area contributed by atoms with Gasteiger partial charge in [0.15, 0.2) is 0 Å². The van der Waals surface area contributed by atoms with Gasteiger partial charge in [-0.25, -0.2) is 8.42 Å². The van der Waals surface area contributed by atoms with Gasteiger partial charge in [0.2, 0.25) is 0 Å². The molecular weight excluding hydrogens is 393 g/mol. The van der Waals surface area contributed by atoms with Crippen LogP contribution in [0, 0.1) is 11.8 Å². The molecule has 2 N–H and O–H groups in total. The summed E-state index contributed by atoms with van der Waals surface area (Å²) in [5.74, 6) is 1.43. The van der Waals surface area contributed by atoms with Gasteiger partial charge in [-0.05, 0) is 79.2 Å². The lowest BCUT2D eigenvalue weighted by molar-refractivity contribution is -0.274. The molecule has 5 nitrogen and oxygen atoms in total. The smallest absolute Gasteiger partial charge is 0.406 e. The third-order valence-corrected chi connectivity index (χ3v) is 6.82. The summed E-state index contributed by atoms with van der Waals surface area (Å²) in [6.07, 6.45) is -3.68. The Morgan fingerprint density at radius 1 is 1.00 bits per heavy atom. The van der Waals surface area contributed by atoms with Gasteiger partial charge in [-0.3, -0.25) is 4.72 Å². The molecule has 0 amide bonds. The SMILES string of the molecule is O=S(=O)(Nc1ccc(C2CC3CNCC32)cc1)c1ccc(OC(F)(F)F)cc1. The first-order chi connectivity index (χ1) is 13.2. The number of hydrogen-bond acceptors (Lipinski definition) is 4. The molecule has 1 saturated heterocycles. The summed E-state index contributed by atoms with van der Waals surface area (Å²) in [6.45, 7) is 2.10. The molecule has 0 spiro atoms. The van der Waals surface area contributed by atoms with E-state index in [0.717, 1.165) is 49.7 Å². The standard InChI is InChI=1S/C19H19F3N2O3S/c20-19(21,22)27-15-5-7-16(8-6-15)28(25,26)24-14-3-1-12(2-4-14)17-9-13-10-23-11-18(13)17/h1-8,13,17-18,23-24H,9-11H2. The molecule has 0 aromatic heterocycles. The Labute approximate surface area is 161 Å². The van der Waals surface area contributed by atoms with Gasteiger partial charge >= 0.3 is 6.36 Å². The number of benzene rings is 2. The van der Waals surface area contributed by atoms with Crippen LogP contribution in [0.1, 0.15) is 17.9 Å². The minimum Gasteiger partial charge on any atom is -0.406 e. The quantitative estimate of drug-likeness (QED) is 0.786. The molecule has 150 valence electrons. The number of ether oxygens (including phenoxy) is 1. The summed E-state index contributed by atoms with van der Waals surface area (Å²) >= 11 is 0. The number of rotatable bonds is 5. The topological polar surface area (TPSA) is 67.4 Å². The number of halogens is 3. The Kier molecular flexibility index (Phi) is 4.75. The van der Waals surface area contributed by atoms with Crippen molar-refractivity contribution in [3.8, 4) is 5.75 Å². The van der Waals surface area contributed by atoms with Crippen LogP contribution in [0.5, 0.6) is 5.75 Å². The normalized spacial score (nSPS) is 24.3. The lowest BCUT2D eigenvalue weighted by atomic mass is 9.64. The van der Waals surface area contributed by atoms with E-state index in [0.29, 0.717) is 17.5 Å². The van der Waals surface area contributed by atoms with E-state index in [2.05, 4.69) is 14.8 Å². The number of anilines is 1. The molecule has 3 unspecified atom stereocenters. The van der Waals surface area contributed by atoms with Crippen LogP contribution >= 0.6 is 0 Å². The molecule has 0 bridgehead atoms. The summed E-state index contributed by atoms with van der Waals surface area (Å²) in [4.78, 5) is -0.148. The van der Waals surface area contributed by atoms with E-state index >= 15 is 0 Å². The van der Waals surface area contributed by atoms with Crippen molar-refractivity contribution in [2.24, 2.45) is 11.8 Å². The highest BCUT2D eigenvalue weighted by Crippen LogP contribution is 2.49. The maximum Gasteiger partial charge on any atom is 0.573 e. The van der Waals surface area contributed by atoms with Crippen molar-refractivity contribution in [2.45, 2.75) is 23.6 Å². The van der Waals surface area contributed by atoms with Crippen LogP contribution in [-0.2, 0) is 10.0 Å². The fourth-order valence-corrected chi connectivity index (χ4v) is 5.06. The number of sulfonamides is 1. The number of hydrogen-bond donors (Lipinski definition) is 2. The Morgan fingerprint density at radius 3 is 2.29 bits per heavy atom. The average Bonchev–Trinajstić information content (AvgIpc) is 2.96. The van der Waals surface area contributed by atoms with Gasteiger partial charge in [0.25, 0.3) is 10.0 Å². The molecule has 1 heterocycles. The van der Waals surface area contributed by atoms with Gasteiger partial charge in [0, 0.05) is 5.69 Å². The molecule has 9 heteroatoms. The van der Waals surface area contributed by atoms with Crippen molar-refractivity contribution >= 4 is 15.7 Å². The summed E-state index contributed by atoms with van der Waals surface area (Å²) in [5, 5.41) is 3.40. The van der Waals surface area contributed by atoms with Crippen LogP contribution in [0.25, 0.3) is 0 Å². The van der Waals surface area contributed by atoms with Crippen molar-refractivity contribution in [1.82, 2.24) is 5.32 Å². The molecule has 0 radical (unpaired) electrons. The van der Waals surface area contributed by atoms with Gasteiger partial charge in [-0.2, -0.15) is 0 Å². The van der Waals surface area contributed by atoms with Crippen LogP contribution in [0.3, 0.4) is 0 Å². The van der Waals surface area contributed by atoms with Crippen molar-refractivity contribution in [1.29, 1.82) is 0 Å². The molecule has 28 heavy (non-hydrogen) atoms. The zero-order valence-electron chi connectivity index (χ0n) is 14.7. The maximum atomic E-state index is 12.5. The Hall–Kier alpha value is -2.26. The lowest BCUT2D eigenvalue weighted by Crippen LogP contribution is -2.33. The first-order valence-corrected chi connectivity index (χ1v) is 10.4. The fraction of sp³-hybridized carbons (Fsp3) is 0.368. The Balaban J connectivity index is 1.43. The van der Waals surface area contributed by atoms with Gasteiger partial charge in [0.05, 0.1) is 4.90 Å². The predicted molar refractivity (Wildman–Crippen MR) is 97.6 cm³/mol. The van der Waals surface area contributed by atoms with Gasteiger partial charge in [0.1, 0.15) is 5.75 Å². The highest BCUT2D eigenvalue weighted by Gasteiger charge is 2.44. The third kappa shape index (κ3) is 3.95. The Morgan fingerprint density at radius 2 is 1.68 bits per heavy atom. The van der Waals surface area contributed by atoms with Gasteiger partial charge in [-0.1, -0.05) is 12.1 Å². The highest BCUT2D eigenvalue weighted by molar-refractivity contribution is 7.92. The molecule has 1 aliphatic carbocycles. The van der Waals surface area contributed by atoms with E-state index in [1.165, 1.54) is 5.56 Å². The van der Waals surface area contributed by atoms with Gasteiger partial charge in [-0.15, -0.1) is 13.2 Å². The molecule has 1 saturated carbocycles. The minimum absolute atomic E-state index is 0.148. The monoisotopic (exact) mass is 412 g/mol. The van der Waals surface area contributed by atoms with Crippen LogP contribution in [0.15, 0.2) is 53.4 Å². The Bertz CT molecular complexity index is 944. The van der Waals surface area contributed by atoms with Crippen LogP contribution in [0.2, 0.25) is 0 Å². The fourth-order valence-electron chi connectivity index (χ4n) is 4.00. The number of fused-ring (bicyclic) bond motifs is 1. The zero-order chi connectivity index (χ0) is 19.9. The lowest BCUT2D eigenvalue weighted by Gasteiger charge is -2.40. The molecular formula is C19H19F3N2O3S. The highest BCUT2D eigenvalue weighted by atomic mass is 32.2. The molecule has 2 aromatic rings. The molecule has 4 rings (SSSR count). The second-order valence-corrected chi connectivity index (χ2v) is 8.85. The molecule has 3 atom stereocenters. The second-order valence-electron chi connectivity index (χ2n) is 7.17. The van der Waals surface area contributed by atoms with Crippen LogP contribution in [-0.4, -0.2) is 27.9 Å². The molecule has 1 aliphatic heterocycles. The van der Waals surface area contributed by atoms with E-state index in [4.69, 9.17) is 0 Å². The predicted octanol–water partition coefficient (Wildman–Crippen LogP) is 3.71. The summed E-state index contributed by atoms with van der Waals surface area (Å²) in [5.41, 5.74) is 1.60. The van der Waals surface area contributed by atoms with E-state index < -0.39 is 22.1 Å². The van der Waals surface area contributed by atoms with Crippen molar-refractivity contribution < 1.29 is 26.3 Å². The van der Waals surface area contributed by atoms with Crippen molar-refractivity contribution in [3.05, 3.63) is 54.1 Å². The first kappa shape index (κ1) is 19.1. The summed E-state index contributed by atoms with van der Waals surface area (Å²) in [6, 6.07) is 11.3. The molecule has 2 aliphatic rings. The third-order valence-electron chi connectivity index (χ3n) is 5.42. The van der Waals surface area contributed by atoms with Gasteiger partial charge < -0.3 is 10.1 Å². The maximum absolute atomic E-state index is 12.5. The summed E-state index contributed by atoms with van der Waals surface area (Å²) in [7, 11) is -3.91. The van der Waals surface area contributed by atoms with Crippen LogP contribution < -0.4 is 14.8 Å². The molecule has 2 aromatic carbocycles. The average molecular weight is 412 g/mol. The van der Waals surface area contributed by atoms with E-state index in [-0.39, 0.29) is 4.90 Å². The van der Waals surface area contributed by atoms with E-state index in [1.807, 2.05) is 12.1 Å². The largest absolute Gasteiger partial charge is 0.573 e. The van der Waals surface area contributed by atoms with E-state index in [9.17, 15) is 21.6 Å². The second kappa shape index (κ2) is 6.97. The summed E-state index contributed by atoms with van der Waals surface area (Å²) < 4.78 is 67.7. The zero-order valence-corrected chi connectivity index (χ0v) is 15.6. The van der Waals surface area contributed by atoms with Crippen molar-refractivity contribution in [3.63, 3.8) is 0 Å². The van der Waals surface area contributed by atoms with Crippen LogP contribution in [0.4, 0.5) is 18.9 Å². The molecule has 2 fully saturated rings. The first-order valence-electron chi connectivity index (χ1n) is 8.90. The van der Waals surface area contributed by atoms with Crippen molar-refractivity contribution in [2.75, 3.05) is 17.8 Å². The number of alkyl halides is 3. The number of nitrogens with one attached hydrogen (secondary N) is 2. The van der Waals surface area contributed by atoms with E-state index in [1.54, 1.807) is 12.1 Å².